The van der Waals surface area contributed by atoms with E-state index in [-0.39, 0.29) is 5.91 Å². The maximum Gasteiger partial charge on any atom is 0.416 e. The lowest BCUT2D eigenvalue weighted by Gasteiger charge is -2.16. The molecule has 0 saturated heterocycles. The number of nitrogens with one attached hydrogen (secondary N) is 1. The van der Waals surface area contributed by atoms with Crippen molar-refractivity contribution in [1.82, 2.24) is 15.1 Å². The third-order valence-corrected chi connectivity index (χ3v) is 3.30. The highest BCUT2D eigenvalue weighted by Crippen LogP contribution is 2.30. The van der Waals surface area contributed by atoms with Crippen LogP contribution in [0.25, 0.3) is 0 Å². The van der Waals surface area contributed by atoms with E-state index in [2.05, 4.69) is 10.4 Å². The Balaban J connectivity index is 2.17. The first-order valence-corrected chi connectivity index (χ1v) is 6.67. The van der Waals surface area contributed by atoms with E-state index in [4.69, 9.17) is 0 Å². The third-order valence-electron chi connectivity index (χ3n) is 3.30. The summed E-state index contributed by atoms with van der Waals surface area (Å²) in [7, 11) is 1.64. The fourth-order valence-corrected chi connectivity index (χ4v) is 2.16. The average molecular weight is 311 g/mol. The molecule has 0 fully saturated rings. The van der Waals surface area contributed by atoms with Crippen molar-refractivity contribution in [1.29, 1.82) is 0 Å². The van der Waals surface area contributed by atoms with Crippen LogP contribution >= 0.6 is 0 Å². The summed E-state index contributed by atoms with van der Waals surface area (Å²) in [6.45, 7) is 3.39. The monoisotopic (exact) mass is 311 g/mol. The summed E-state index contributed by atoms with van der Waals surface area (Å²) in [5.41, 5.74) is 0.709. The number of hydrogen-bond acceptors (Lipinski definition) is 2. The molecule has 118 valence electrons. The molecular formula is C15H16F3N3O. The van der Waals surface area contributed by atoms with Crippen LogP contribution in [0.3, 0.4) is 0 Å². The molecule has 0 bridgehead atoms. The summed E-state index contributed by atoms with van der Waals surface area (Å²) in [6.07, 6.45) is -4.40. The molecule has 1 aromatic heterocycles. The minimum absolute atomic E-state index is 0.358. The smallest absolute Gasteiger partial charge is 0.344 e. The van der Waals surface area contributed by atoms with Crippen molar-refractivity contribution in [2.24, 2.45) is 7.05 Å². The van der Waals surface area contributed by atoms with E-state index < -0.39 is 17.8 Å². The molecule has 1 aromatic carbocycles. The fourth-order valence-electron chi connectivity index (χ4n) is 2.16. The summed E-state index contributed by atoms with van der Waals surface area (Å²) in [6, 6.07) is 5.99. The van der Waals surface area contributed by atoms with Gasteiger partial charge in [-0.25, -0.2) is 0 Å². The number of nitrogens with zero attached hydrogens (tertiary/aromatic N) is 2. The quantitative estimate of drug-likeness (QED) is 0.946. The summed E-state index contributed by atoms with van der Waals surface area (Å²) in [5, 5.41) is 6.74. The van der Waals surface area contributed by atoms with Gasteiger partial charge < -0.3 is 5.32 Å². The van der Waals surface area contributed by atoms with E-state index in [1.165, 1.54) is 10.7 Å². The maximum atomic E-state index is 12.7. The minimum atomic E-state index is -4.40. The van der Waals surface area contributed by atoms with Crippen LogP contribution in [0.5, 0.6) is 0 Å². The molecule has 0 unspecified atom stereocenters. The van der Waals surface area contributed by atoms with Gasteiger partial charge in [-0.1, -0.05) is 12.1 Å². The number of benzene rings is 1. The zero-order valence-electron chi connectivity index (χ0n) is 12.4. The number of hydrogen-bond donors (Lipinski definition) is 1. The van der Waals surface area contributed by atoms with Gasteiger partial charge in [-0.05, 0) is 37.6 Å². The van der Waals surface area contributed by atoms with Crippen molar-refractivity contribution in [2.45, 2.75) is 26.1 Å². The molecule has 0 aliphatic carbocycles. The van der Waals surface area contributed by atoms with Crippen molar-refractivity contribution in [3.05, 3.63) is 52.8 Å². The second-order valence-corrected chi connectivity index (χ2v) is 5.11. The topological polar surface area (TPSA) is 46.9 Å². The second kappa shape index (κ2) is 5.82. The van der Waals surface area contributed by atoms with Gasteiger partial charge in [0.25, 0.3) is 5.91 Å². The number of amides is 1. The largest absolute Gasteiger partial charge is 0.416 e. The normalized spacial score (nSPS) is 13.0. The lowest BCUT2D eigenvalue weighted by Crippen LogP contribution is -2.28. The van der Waals surface area contributed by atoms with E-state index in [1.807, 2.05) is 0 Å². The molecule has 22 heavy (non-hydrogen) atoms. The van der Waals surface area contributed by atoms with Gasteiger partial charge in [-0.3, -0.25) is 9.48 Å². The number of carbonyl (C=O) groups excluding carboxylic acids is 1. The van der Waals surface area contributed by atoms with Crippen molar-refractivity contribution in [3.63, 3.8) is 0 Å². The number of halogens is 3. The molecule has 0 aliphatic heterocycles. The summed E-state index contributed by atoms with van der Waals surface area (Å²) >= 11 is 0. The first kappa shape index (κ1) is 16.1. The highest BCUT2D eigenvalue weighted by Gasteiger charge is 2.30. The maximum absolute atomic E-state index is 12.7. The molecule has 1 amide bonds. The Morgan fingerprint density at radius 2 is 2.00 bits per heavy atom. The second-order valence-electron chi connectivity index (χ2n) is 5.11. The predicted molar refractivity (Wildman–Crippen MR) is 75.3 cm³/mol. The Labute approximate surface area is 125 Å². The molecule has 0 spiro atoms. The number of carbonyl (C=O) groups is 1. The van der Waals surface area contributed by atoms with Crippen molar-refractivity contribution < 1.29 is 18.0 Å². The van der Waals surface area contributed by atoms with Gasteiger partial charge in [0.05, 0.1) is 17.3 Å². The van der Waals surface area contributed by atoms with E-state index in [9.17, 15) is 18.0 Å². The molecule has 7 heteroatoms. The minimum Gasteiger partial charge on any atom is -0.344 e. The van der Waals surface area contributed by atoms with Gasteiger partial charge in [0.2, 0.25) is 0 Å². The number of rotatable bonds is 3. The van der Waals surface area contributed by atoms with Gasteiger partial charge >= 0.3 is 6.18 Å². The first-order chi connectivity index (χ1) is 10.2. The van der Waals surface area contributed by atoms with E-state index in [1.54, 1.807) is 33.0 Å². The van der Waals surface area contributed by atoms with Crippen molar-refractivity contribution in [2.75, 3.05) is 0 Å². The zero-order valence-corrected chi connectivity index (χ0v) is 12.4. The summed E-state index contributed by atoms with van der Waals surface area (Å²) in [4.78, 5) is 12.2. The molecule has 1 heterocycles. The van der Waals surface area contributed by atoms with Crippen LogP contribution in [0.15, 0.2) is 30.3 Å². The van der Waals surface area contributed by atoms with Crippen LogP contribution in [-0.2, 0) is 13.2 Å². The average Bonchev–Trinajstić information content (AvgIpc) is 2.77. The van der Waals surface area contributed by atoms with Crippen LogP contribution in [0.1, 0.15) is 40.3 Å². The van der Waals surface area contributed by atoms with E-state index in [0.717, 1.165) is 12.1 Å². The lowest BCUT2D eigenvalue weighted by molar-refractivity contribution is -0.137. The number of aromatic nitrogens is 2. The molecule has 1 N–H and O–H groups in total. The van der Waals surface area contributed by atoms with Crippen LogP contribution in [0.4, 0.5) is 13.2 Å². The molecule has 0 radical (unpaired) electrons. The van der Waals surface area contributed by atoms with Crippen LogP contribution < -0.4 is 5.32 Å². The fraction of sp³-hybridized carbons (Fsp3) is 0.333. The molecule has 0 saturated carbocycles. The van der Waals surface area contributed by atoms with Crippen LogP contribution in [0.2, 0.25) is 0 Å². The Hall–Kier alpha value is -2.31. The number of aryl methyl sites for hydroxylation is 2. The van der Waals surface area contributed by atoms with Gasteiger partial charge in [0.1, 0.15) is 5.69 Å². The molecule has 1 atom stereocenters. The van der Waals surface area contributed by atoms with Crippen LogP contribution in [0, 0.1) is 6.92 Å². The SMILES string of the molecule is Cc1cc(C(=O)N[C@@H](C)c2cccc(C(F)(F)F)c2)n(C)n1. The van der Waals surface area contributed by atoms with Crippen LogP contribution in [-0.4, -0.2) is 15.7 Å². The Morgan fingerprint density at radius 3 is 2.55 bits per heavy atom. The van der Waals surface area contributed by atoms with Crippen molar-refractivity contribution in [3.8, 4) is 0 Å². The standard InChI is InChI=1S/C15H16F3N3O/c1-9-7-13(21(3)20-9)14(22)19-10(2)11-5-4-6-12(8-11)15(16,17)18/h4-8,10H,1-3H3,(H,19,22)/t10-/m0/s1. The molecular weight excluding hydrogens is 295 g/mol. The Bertz CT molecular complexity index is 692. The number of alkyl halides is 3. The first-order valence-electron chi connectivity index (χ1n) is 6.67. The van der Waals surface area contributed by atoms with Gasteiger partial charge in [0, 0.05) is 7.05 Å². The summed E-state index contributed by atoms with van der Waals surface area (Å²) < 4.78 is 39.6. The molecule has 2 rings (SSSR count). The third kappa shape index (κ3) is 3.47. The van der Waals surface area contributed by atoms with Gasteiger partial charge in [0.15, 0.2) is 0 Å². The molecule has 2 aromatic rings. The van der Waals surface area contributed by atoms with Gasteiger partial charge in [-0.15, -0.1) is 0 Å². The molecule has 0 aliphatic rings. The van der Waals surface area contributed by atoms with E-state index in [0.29, 0.717) is 17.0 Å². The lowest BCUT2D eigenvalue weighted by atomic mass is 10.0. The highest BCUT2D eigenvalue weighted by molar-refractivity contribution is 5.92. The highest BCUT2D eigenvalue weighted by atomic mass is 19.4. The molecule has 4 nitrogen and oxygen atoms in total. The van der Waals surface area contributed by atoms with E-state index >= 15 is 0 Å². The predicted octanol–water partition coefficient (Wildman–Crippen LogP) is 3.24. The Kier molecular flexibility index (Phi) is 4.25. The zero-order chi connectivity index (χ0) is 16.5. The Morgan fingerprint density at radius 1 is 1.32 bits per heavy atom. The van der Waals surface area contributed by atoms with Crippen molar-refractivity contribution >= 4 is 5.91 Å². The van der Waals surface area contributed by atoms with Gasteiger partial charge in [-0.2, -0.15) is 18.3 Å². The summed E-state index contributed by atoms with van der Waals surface area (Å²) in [5.74, 6) is -0.381.